The minimum absolute atomic E-state index is 0.238. The molecule has 1 aromatic heterocycles. The summed E-state index contributed by atoms with van der Waals surface area (Å²) in [6, 6.07) is 7.42. The lowest BCUT2D eigenvalue weighted by Crippen LogP contribution is -2.29. The number of ether oxygens (including phenoxy) is 1. The number of anilines is 2. The Morgan fingerprint density at radius 2 is 2.19 bits per heavy atom. The summed E-state index contributed by atoms with van der Waals surface area (Å²) in [7, 11) is 1.42. The molecule has 0 radical (unpaired) electrons. The van der Waals surface area contributed by atoms with E-state index in [0.29, 0.717) is 16.4 Å². The second-order valence-electron chi connectivity index (χ2n) is 4.16. The molecule has 0 saturated heterocycles. The molecule has 0 fully saturated rings. The first kappa shape index (κ1) is 14.9. The zero-order valence-electron chi connectivity index (χ0n) is 11.2. The van der Waals surface area contributed by atoms with Gasteiger partial charge in [-0.15, -0.1) is 5.10 Å². The van der Waals surface area contributed by atoms with Crippen LogP contribution in [0.1, 0.15) is 0 Å². The Labute approximate surface area is 125 Å². The number of halogens is 1. The van der Waals surface area contributed by atoms with Crippen LogP contribution in [0.5, 0.6) is 5.88 Å². The van der Waals surface area contributed by atoms with Crippen LogP contribution >= 0.6 is 11.6 Å². The summed E-state index contributed by atoms with van der Waals surface area (Å²) in [6.07, 6.45) is 0. The molecule has 0 saturated carbocycles. The van der Waals surface area contributed by atoms with E-state index in [-0.39, 0.29) is 12.4 Å². The average molecular weight is 309 g/mol. The zero-order valence-corrected chi connectivity index (χ0v) is 11.9. The number of hydrogen-bond donors (Lipinski definition) is 2. The van der Waals surface area contributed by atoms with Crippen LogP contribution in [-0.4, -0.2) is 22.8 Å². The van der Waals surface area contributed by atoms with Crippen molar-refractivity contribution in [3.63, 3.8) is 0 Å². The van der Waals surface area contributed by atoms with Crippen molar-refractivity contribution >= 4 is 28.9 Å². The van der Waals surface area contributed by atoms with Crippen molar-refractivity contribution in [1.29, 1.82) is 0 Å². The van der Waals surface area contributed by atoms with Gasteiger partial charge in [-0.05, 0) is 18.2 Å². The van der Waals surface area contributed by atoms with E-state index in [4.69, 9.17) is 22.1 Å². The summed E-state index contributed by atoms with van der Waals surface area (Å²) >= 11 is 5.79. The van der Waals surface area contributed by atoms with Crippen molar-refractivity contribution in [1.82, 2.24) is 9.78 Å². The fourth-order valence-electron chi connectivity index (χ4n) is 1.61. The van der Waals surface area contributed by atoms with Crippen molar-refractivity contribution < 1.29 is 9.53 Å². The number of nitrogens with one attached hydrogen (secondary N) is 1. The van der Waals surface area contributed by atoms with Crippen LogP contribution in [-0.2, 0) is 11.3 Å². The van der Waals surface area contributed by atoms with Crippen molar-refractivity contribution in [3.8, 4) is 5.88 Å². The lowest BCUT2D eigenvalue weighted by atomic mass is 10.3. The molecule has 8 heteroatoms. The van der Waals surface area contributed by atoms with Crippen LogP contribution in [0.15, 0.2) is 35.1 Å². The Kier molecular flexibility index (Phi) is 4.44. The number of nitrogens with two attached hydrogens (primary N) is 1. The summed E-state index contributed by atoms with van der Waals surface area (Å²) in [5, 5.41) is 6.89. The Hall–Kier alpha value is -2.54. The highest BCUT2D eigenvalue weighted by Gasteiger charge is 2.08. The molecule has 0 aliphatic heterocycles. The number of carbonyl (C=O) groups excluding carboxylic acids is 1. The van der Waals surface area contributed by atoms with Crippen molar-refractivity contribution in [2.45, 2.75) is 6.54 Å². The standard InChI is InChI=1S/C13H13ClN4O3/c1-21-12-4-5-13(20)18(17-12)7-11(19)16-8-2-3-9(14)10(15)6-8/h2-6H,7,15H2,1H3,(H,16,19). The number of hydrogen-bond acceptors (Lipinski definition) is 5. The maximum Gasteiger partial charge on any atom is 0.267 e. The first-order valence-corrected chi connectivity index (χ1v) is 6.34. The van der Waals surface area contributed by atoms with Gasteiger partial charge in [0.25, 0.3) is 5.56 Å². The number of carbonyl (C=O) groups is 1. The number of nitrogen functional groups attached to an aromatic ring is 1. The van der Waals surface area contributed by atoms with Gasteiger partial charge in [-0.3, -0.25) is 9.59 Å². The van der Waals surface area contributed by atoms with Crippen molar-refractivity contribution in [2.75, 3.05) is 18.2 Å². The van der Waals surface area contributed by atoms with Crippen molar-refractivity contribution in [2.24, 2.45) is 0 Å². The van der Waals surface area contributed by atoms with E-state index < -0.39 is 11.5 Å². The normalized spacial score (nSPS) is 10.2. The van der Waals surface area contributed by atoms with Gasteiger partial charge in [-0.2, -0.15) is 0 Å². The molecule has 3 N–H and O–H groups in total. The van der Waals surface area contributed by atoms with Crippen LogP contribution in [0, 0.1) is 0 Å². The van der Waals surface area contributed by atoms with Crippen LogP contribution in [0.4, 0.5) is 11.4 Å². The molecule has 1 aromatic carbocycles. The van der Waals surface area contributed by atoms with E-state index in [1.54, 1.807) is 12.1 Å². The SMILES string of the molecule is COc1ccc(=O)n(CC(=O)Nc2ccc(Cl)c(N)c2)n1. The molecule has 0 aliphatic rings. The second-order valence-corrected chi connectivity index (χ2v) is 4.56. The molecular formula is C13H13ClN4O3. The van der Waals surface area contributed by atoms with E-state index >= 15 is 0 Å². The van der Waals surface area contributed by atoms with Gasteiger partial charge < -0.3 is 15.8 Å². The smallest absolute Gasteiger partial charge is 0.267 e. The number of aromatic nitrogens is 2. The van der Waals surface area contributed by atoms with Gasteiger partial charge in [0.15, 0.2) is 0 Å². The summed E-state index contributed by atoms with van der Waals surface area (Å²) in [5.41, 5.74) is 6.08. The van der Waals surface area contributed by atoms with E-state index in [9.17, 15) is 9.59 Å². The number of methoxy groups -OCH3 is 1. The maximum absolute atomic E-state index is 11.9. The highest BCUT2D eigenvalue weighted by Crippen LogP contribution is 2.22. The van der Waals surface area contributed by atoms with E-state index in [0.717, 1.165) is 4.68 Å². The first-order valence-electron chi connectivity index (χ1n) is 5.96. The summed E-state index contributed by atoms with van der Waals surface area (Å²) in [4.78, 5) is 23.5. The third kappa shape index (κ3) is 3.73. The highest BCUT2D eigenvalue weighted by molar-refractivity contribution is 6.33. The summed E-state index contributed by atoms with van der Waals surface area (Å²) < 4.78 is 5.91. The summed E-state index contributed by atoms with van der Waals surface area (Å²) in [6.45, 7) is -0.238. The Morgan fingerprint density at radius 3 is 2.86 bits per heavy atom. The molecule has 21 heavy (non-hydrogen) atoms. The molecule has 110 valence electrons. The van der Waals surface area contributed by atoms with E-state index in [1.807, 2.05) is 0 Å². The van der Waals surface area contributed by atoms with Gasteiger partial charge in [0.2, 0.25) is 11.8 Å². The third-order valence-electron chi connectivity index (χ3n) is 2.62. The Morgan fingerprint density at radius 1 is 1.43 bits per heavy atom. The van der Waals surface area contributed by atoms with Gasteiger partial charge >= 0.3 is 0 Å². The Bertz CT molecular complexity index is 730. The van der Waals surface area contributed by atoms with Gasteiger partial charge in [0.1, 0.15) is 6.54 Å². The fraction of sp³-hybridized carbons (Fsp3) is 0.154. The Balaban J connectivity index is 2.11. The van der Waals surface area contributed by atoms with Gasteiger partial charge in [0.05, 0.1) is 17.8 Å². The van der Waals surface area contributed by atoms with Crippen molar-refractivity contribution in [3.05, 3.63) is 45.7 Å². The maximum atomic E-state index is 11.9. The molecule has 1 heterocycles. The highest BCUT2D eigenvalue weighted by atomic mass is 35.5. The van der Waals surface area contributed by atoms with Gasteiger partial charge in [-0.1, -0.05) is 11.6 Å². The quantitative estimate of drug-likeness (QED) is 0.825. The van der Waals surface area contributed by atoms with E-state index in [2.05, 4.69) is 10.4 Å². The summed E-state index contributed by atoms with van der Waals surface area (Å²) in [5.74, 6) is -0.169. The molecule has 2 aromatic rings. The molecular weight excluding hydrogens is 296 g/mol. The van der Waals surface area contributed by atoms with Gasteiger partial charge in [-0.25, -0.2) is 4.68 Å². The minimum Gasteiger partial charge on any atom is -0.480 e. The zero-order chi connectivity index (χ0) is 15.4. The monoisotopic (exact) mass is 308 g/mol. The molecule has 7 nitrogen and oxygen atoms in total. The fourth-order valence-corrected chi connectivity index (χ4v) is 1.73. The lowest BCUT2D eigenvalue weighted by Gasteiger charge is -2.08. The number of rotatable bonds is 4. The third-order valence-corrected chi connectivity index (χ3v) is 2.97. The predicted octanol–water partition coefficient (Wildman–Crippen LogP) is 1.13. The molecule has 0 bridgehead atoms. The number of nitrogens with zero attached hydrogens (tertiary/aromatic N) is 2. The molecule has 0 aliphatic carbocycles. The lowest BCUT2D eigenvalue weighted by molar-refractivity contribution is -0.117. The van der Waals surface area contributed by atoms with Crippen LogP contribution < -0.4 is 21.3 Å². The average Bonchev–Trinajstić information content (AvgIpc) is 2.45. The topological polar surface area (TPSA) is 99.2 Å². The largest absolute Gasteiger partial charge is 0.480 e. The molecule has 2 rings (SSSR count). The molecule has 1 amide bonds. The minimum atomic E-state index is -0.417. The van der Waals surface area contributed by atoms with Crippen LogP contribution in [0.25, 0.3) is 0 Å². The molecule has 0 unspecified atom stereocenters. The van der Waals surface area contributed by atoms with Crippen LogP contribution in [0.2, 0.25) is 5.02 Å². The van der Waals surface area contributed by atoms with Gasteiger partial charge in [0, 0.05) is 17.8 Å². The molecule has 0 atom stereocenters. The first-order chi connectivity index (χ1) is 9.99. The number of benzene rings is 1. The molecule has 0 spiro atoms. The second kappa shape index (κ2) is 6.27. The number of amides is 1. The van der Waals surface area contributed by atoms with Crippen LogP contribution in [0.3, 0.4) is 0 Å². The van der Waals surface area contributed by atoms with E-state index in [1.165, 1.54) is 25.3 Å². The predicted molar refractivity (Wildman–Crippen MR) is 79.5 cm³/mol.